The average molecular weight is 854 g/mol. The molecule has 0 aliphatic heterocycles. The smallest absolute Gasteiger partial charge is 0.306 e. The lowest BCUT2D eigenvalue weighted by molar-refractivity contribution is -0.870. The van der Waals surface area contributed by atoms with Gasteiger partial charge in [-0.15, -0.1) is 0 Å². The molecule has 0 fully saturated rings. The maximum absolute atomic E-state index is 12.7. The normalized spacial score (nSPS) is 14.5. The van der Waals surface area contributed by atoms with E-state index in [1.54, 1.807) is 12.2 Å². The van der Waals surface area contributed by atoms with Gasteiger partial charge in [-0.2, -0.15) is 0 Å². The highest BCUT2D eigenvalue weighted by atomic mass is 31.2. The van der Waals surface area contributed by atoms with Crippen molar-refractivity contribution in [3.05, 3.63) is 48.6 Å². The zero-order valence-electron chi connectivity index (χ0n) is 38.3. The zero-order chi connectivity index (χ0) is 43.7. The lowest BCUT2D eigenvalue weighted by Gasteiger charge is -2.28. The van der Waals surface area contributed by atoms with Gasteiger partial charge in [-0.05, 0) is 44.9 Å². The second-order valence-electron chi connectivity index (χ2n) is 17.0. The van der Waals surface area contributed by atoms with Crippen molar-refractivity contribution in [2.24, 2.45) is 0 Å². The molecular weight excluding hydrogens is 765 g/mol. The lowest BCUT2D eigenvalue weighted by Crippen LogP contribution is -2.37. The van der Waals surface area contributed by atoms with Crippen LogP contribution in [0.2, 0.25) is 0 Å². The van der Waals surface area contributed by atoms with Gasteiger partial charge in [0, 0.05) is 12.8 Å². The average Bonchev–Trinajstić information content (AvgIpc) is 3.18. The molecule has 0 aromatic carbocycles. The number of quaternary nitrogens is 1. The lowest BCUT2D eigenvalue weighted by atomic mass is 10.0. The molecule has 11 heteroatoms. The third kappa shape index (κ3) is 43.8. The van der Waals surface area contributed by atoms with Crippen LogP contribution in [0.1, 0.15) is 187 Å². The SMILES string of the molecule is CCCCC/C=C\C/C=C\C/C=C\C=C\[C@@H](O)CCCC(=O)OC[C@H](COP(=O)([O-])OCC[N+](C)(C)C)OC(=O)CCCCCCCCCCCCCCCCCCC. The topological polar surface area (TPSA) is 131 Å². The van der Waals surface area contributed by atoms with Gasteiger partial charge in [0.2, 0.25) is 0 Å². The summed E-state index contributed by atoms with van der Waals surface area (Å²) in [6, 6.07) is 0. The van der Waals surface area contributed by atoms with Crippen LogP contribution in [0.3, 0.4) is 0 Å². The summed E-state index contributed by atoms with van der Waals surface area (Å²) in [7, 11) is 1.07. The molecule has 0 aliphatic carbocycles. The van der Waals surface area contributed by atoms with Crippen molar-refractivity contribution in [2.75, 3.05) is 47.5 Å². The number of nitrogens with zero attached hydrogens (tertiary/aromatic N) is 1. The molecule has 0 saturated heterocycles. The van der Waals surface area contributed by atoms with Crippen LogP contribution in [0.4, 0.5) is 0 Å². The second-order valence-corrected chi connectivity index (χ2v) is 18.4. The van der Waals surface area contributed by atoms with Crippen LogP contribution in [-0.2, 0) is 32.7 Å². The summed E-state index contributed by atoms with van der Waals surface area (Å²) >= 11 is 0. The van der Waals surface area contributed by atoms with Crippen molar-refractivity contribution in [1.82, 2.24) is 0 Å². The van der Waals surface area contributed by atoms with Gasteiger partial charge in [-0.3, -0.25) is 14.2 Å². The molecule has 0 bridgehead atoms. The molecule has 0 amide bonds. The maximum Gasteiger partial charge on any atom is 0.306 e. The number of hydrogen-bond acceptors (Lipinski definition) is 9. The molecule has 1 N–H and O–H groups in total. The van der Waals surface area contributed by atoms with E-state index in [4.69, 9.17) is 18.5 Å². The van der Waals surface area contributed by atoms with Gasteiger partial charge in [0.1, 0.15) is 19.8 Å². The van der Waals surface area contributed by atoms with Crippen molar-refractivity contribution in [3.63, 3.8) is 0 Å². The van der Waals surface area contributed by atoms with Crippen LogP contribution in [0, 0.1) is 0 Å². The highest BCUT2D eigenvalue weighted by Crippen LogP contribution is 2.38. The highest BCUT2D eigenvalue weighted by molar-refractivity contribution is 7.45. The number of rotatable bonds is 42. The molecule has 0 rings (SSSR count). The quantitative estimate of drug-likeness (QED) is 0.0159. The molecule has 0 spiro atoms. The first kappa shape index (κ1) is 56.9. The number of carbonyl (C=O) groups is 2. The number of hydrogen-bond donors (Lipinski definition) is 1. The number of aliphatic hydroxyl groups excluding tert-OH is 1. The first-order valence-electron chi connectivity index (χ1n) is 23.5. The number of ether oxygens (including phenoxy) is 2. The van der Waals surface area contributed by atoms with Gasteiger partial charge in [-0.1, -0.05) is 178 Å². The number of aliphatic hydroxyl groups is 1. The monoisotopic (exact) mass is 854 g/mol. The fourth-order valence-corrected chi connectivity index (χ4v) is 6.96. The van der Waals surface area contributed by atoms with Crippen molar-refractivity contribution < 1.29 is 47.2 Å². The van der Waals surface area contributed by atoms with Crippen molar-refractivity contribution in [1.29, 1.82) is 0 Å². The molecule has 344 valence electrons. The van der Waals surface area contributed by atoms with Gasteiger partial charge >= 0.3 is 11.9 Å². The standard InChI is InChI=1S/C48H88NO9P/c1-6-8-10-12-14-16-18-20-21-22-23-25-27-29-31-33-35-39-48(52)58-46(44-57-59(53,54)56-42-41-49(3,4)5)43-55-47(51)40-36-38-45(50)37-34-32-30-28-26-24-19-17-15-13-11-9-7-2/h15,17,24,26,30,32,34,37,45-46,50H,6-14,16,18-23,25,27-29,31,33,35-36,38-44H2,1-5H3/b17-15-,26-24-,32-30-,37-34+/t45-,46-/m1/s1. The van der Waals surface area contributed by atoms with Crippen LogP contribution >= 0.6 is 7.82 Å². The number of esters is 2. The molecule has 0 saturated carbocycles. The van der Waals surface area contributed by atoms with Crippen LogP contribution in [-0.4, -0.2) is 81.2 Å². The number of likely N-dealkylation sites (N-methyl/N-ethyl adjacent to an activating group) is 1. The summed E-state index contributed by atoms with van der Waals surface area (Å²) in [6.07, 6.45) is 43.1. The molecule has 0 aromatic heterocycles. The maximum atomic E-state index is 12.7. The van der Waals surface area contributed by atoms with E-state index in [1.165, 1.54) is 103 Å². The van der Waals surface area contributed by atoms with Crippen LogP contribution in [0.25, 0.3) is 0 Å². The van der Waals surface area contributed by atoms with Gasteiger partial charge in [0.25, 0.3) is 7.82 Å². The van der Waals surface area contributed by atoms with Gasteiger partial charge in [-0.25, -0.2) is 0 Å². The number of phosphoric ester groups is 1. The molecule has 0 aromatic rings. The molecule has 0 radical (unpaired) electrons. The second kappa shape index (κ2) is 40.0. The van der Waals surface area contributed by atoms with Crippen LogP contribution < -0.4 is 4.89 Å². The first-order chi connectivity index (χ1) is 28.4. The Hall–Kier alpha value is -2.07. The Morgan fingerprint density at radius 2 is 1.14 bits per heavy atom. The third-order valence-corrected chi connectivity index (χ3v) is 10.9. The molecule has 0 heterocycles. The number of allylic oxidation sites excluding steroid dienone is 7. The number of unbranched alkanes of at least 4 members (excludes halogenated alkanes) is 19. The molecule has 3 atom stereocenters. The number of phosphoric acid groups is 1. The predicted octanol–water partition coefficient (Wildman–Crippen LogP) is 11.8. The van der Waals surface area contributed by atoms with E-state index in [1.807, 2.05) is 33.3 Å². The Bertz CT molecular complexity index is 1160. The molecule has 59 heavy (non-hydrogen) atoms. The minimum Gasteiger partial charge on any atom is -0.756 e. The Kier molecular flexibility index (Phi) is 38.6. The summed E-state index contributed by atoms with van der Waals surface area (Å²) in [5.41, 5.74) is 0. The molecular formula is C48H88NO9P. The fourth-order valence-electron chi connectivity index (χ4n) is 6.23. The summed E-state index contributed by atoms with van der Waals surface area (Å²) in [4.78, 5) is 37.6. The van der Waals surface area contributed by atoms with Crippen LogP contribution in [0.15, 0.2) is 48.6 Å². The van der Waals surface area contributed by atoms with Crippen LogP contribution in [0.5, 0.6) is 0 Å². The van der Waals surface area contributed by atoms with E-state index in [0.29, 0.717) is 30.3 Å². The van der Waals surface area contributed by atoms with Crippen molar-refractivity contribution in [3.8, 4) is 0 Å². The van der Waals surface area contributed by atoms with E-state index in [9.17, 15) is 24.2 Å². The number of carbonyl (C=O) groups excluding carboxylic acids is 2. The minimum atomic E-state index is -4.67. The Morgan fingerprint density at radius 1 is 0.627 bits per heavy atom. The Labute approximate surface area is 361 Å². The van der Waals surface area contributed by atoms with E-state index < -0.39 is 38.6 Å². The molecule has 0 aliphatic rings. The highest BCUT2D eigenvalue weighted by Gasteiger charge is 2.22. The Balaban J connectivity index is 4.49. The van der Waals surface area contributed by atoms with Crippen molar-refractivity contribution >= 4 is 19.8 Å². The minimum absolute atomic E-state index is 0.0492. The summed E-state index contributed by atoms with van der Waals surface area (Å²) in [5, 5.41) is 10.3. The van der Waals surface area contributed by atoms with Gasteiger partial charge < -0.3 is 33.0 Å². The summed E-state index contributed by atoms with van der Waals surface area (Å²) in [5.74, 6) is -1.03. The van der Waals surface area contributed by atoms with Crippen molar-refractivity contribution in [2.45, 2.75) is 199 Å². The van der Waals surface area contributed by atoms with E-state index in [-0.39, 0.29) is 26.1 Å². The molecule has 1 unspecified atom stereocenters. The van der Waals surface area contributed by atoms with E-state index in [2.05, 4.69) is 38.2 Å². The van der Waals surface area contributed by atoms with Gasteiger partial charge in [0.05, 0.1) is 33.9 Å². The van der Waals surface area contributed by atoms with Gasteiger partial charge in [0.15, 0.2) is 6.10 Å². The third-order valence-electron chi connectivity index (χ3n) is 9.96. The largest absolute Gasteiger partial charge is 0.756 e. The fraction of sp³-hybridized carbons (Fsp3) is 0.792. The first-order valence-corrected chi connectivity index (χ1v) is 24.9. The summed E-state index contributed by atoms with van der Waals surface area (Å²) in [6.45, 7) is 3.99. The predicted molar refractivity (Wildman–Crippen MR) is 242 cm³/mol. The Morgan fingerprint density at radius 3 is 1.71 bits per heavy atom. The van der Waals surface area contributed by atoms with E-state index in [0.717, 1.165) is 38.5 Å². The summed E-state index contributed by atoms with van der Waals surface area (Å²) < 4.78 is 33.8. The van der Waals surface area contributed by atoms with E-state index >= 15 is 0 Å². The zero-order valence-corrected chi connectivity index (χ0v) is 39.2. The molecule has 10 nitrogen and oxygen atoms in total.